The maximum atomic E-state index is 11.8. The number of carbonyl (C=O) groups is 2. The molecule has 1 aromatic carbocycles. The highest BCUT2D eigenvalue weighted by molar-refractivity contribution is 14.0. The van der Waals surface area contributed by atoms with Gasteiger partial charge in [0.15, 0.2) is 5.96 Å². The number of hydrogen-bond acceptors (Lipinski definition) is 3. The van der Waals surface area contributed by atoms with Gasteiger partial charge in [0, 0.05) is 38.0 Å². The lowest BCUT2D eigenvalue weighted by atomic mass is 10.1. The summed E-state index contributed by atoms with van der Waals surface area (Å²) in [4.78, 5) is 29.0. The molecule has 1 atom stereocenters. The van der Waals surface area contributed by atoms with Gasteiger partial charge in [0.25, 0.3) is 0 Å². The van der Waals surface area contributed by atoms with Crippen molar-refractivity contribution >= 4 is 53.4 Å². The molecular weight excluding hydrogens is 455 g/mol. The fourth-order valence-corrected chi connectivity index (χ4v) is 2.94. The molecule has 2 amide bonds. The topological polar surface area (TPSA) is 73.8 Å². The normalized spacial score (nSPS) is 16.3. The second-order valence-corrected chi connectivity index (χ2v) is 6.09. The van der Waals surface area contributed by atoms with Gasteiger partial charge in [-0.2, -0.15) is 0 Å². The Morgan fingerprint density at radius 1 is 1.28 bits per heavy atom. The van der Waals surface area contributed by atoms with Crippen LogP contribution in [0.3, 0.4) is 0 Å². The first-order valence-corrected chi connectivity index (χ1v) is 8.45. The molecule has 0 radical (unpaired) electrons. The molecule has 1 aliphatic rings. The maximum Gasteiger partial charge on any atom is 0.229 e. The van der Waals surface area contributed by atoms with Crippen molar-refractivity contribution in [1.29, 1.82) is 0 Å². The first-order valence-electron chi connectivity index (χ1n) is 8.07. The number of piperidine rings is 1. The summed E-state index contributed by atoms with van der Waals surface area (Å²) in [5, 5.41) is 7.07. The zero-order chi connectivity index (χ0) is 17.5. The van der Waals surface area contributed by atoms with E-state index in [9.17, 15) is 9.59 Å². The SMILES string of the molecule is CN=C(NCCN1C(=O)CCCC1=O)NC(C)c1ccccc1Cl.I. The molecule has 0 aromatic heterocycles. The minimum atomic E-state index is -0.0968. The molecule has 6 nitrogen and oxygen atoms in total. The van der Waals surface area contributed by atoms with E-state index >= 15 is 0 Å². The van der Waals surface area contributed by atoms with Crippen molar-refractivity contribution in [3.63, 3.8) is 0 Å². The molecule has 2 rings (SSSR count). The zero-order valence-electron chi connectivity index (χ0n) is 14.4. The molecule has 0 spiro atoms. The third-order valence-electron chi connectivity index (χ3n) is 3.96. The lowest BCUT2D eigenvalue weighted by Crippen LogP contribution is -2.46. The van der Waals surface area contributed by atoms with Crippen molar-refractivity contribution in [2.45, 2.75) is 32.2 Å². The monoisotopic (exact) mass is 478 g/mol. The molecule has 1 unspecified atom stereocenters. The number of rotatable bonds is 5. The highest BCUT2D eigenvalue weighted by Crippen LogP contribution is 2.21. The number of nitrogens with one attached hydrogen (secondary N) is 2. The van der Waals surface area contributed by atoms with Crippen molar-refractivity contribution in [3.05, 3.63) is 34.9 Å². The first-order chi connectivity index (χ1) is 11.5. The van der Waals surface area contributed by atoms with E-state index in [2.05, 4.69) is 15.6 Å². The quantitative estimate of drug-likeness (QED) is 0.295. The van der Waals surface area contributed by atoms with Crippen molar-refractivity contribution in [1.82, 2.24) is 15.5 Å². The van der Waals surface area contributed by atoms with E-state index in [1.165, 1.54) is 4.90 Å². The molecule has 138 valence electrons. The predicted molar refractivity (Wildman–Crippen MR) is 110 cm³/mol. The van der Waals surface area contributed by atoms with Crippen molar-refractivity contribution < 1.29 is 9.59 Å². The lowest BCUT2D eigenvalue weighted by Gasteiger charge is -2.25. The van der Waals surface area contributed by atoms with Gasteiger partial charge >= 0.3 is 0 Å². The summed E-state index contributed by atoms with van der Waals surface area (Å²) >= 11 is 6.20. The summed E-state index contributed by atoms with van der Waals surface area (Å²) in [6.45, 7) is 2.79. The fraction of sp³-hybridized carbons (Fsp3) is 0.471. The molecule has 8 heteroatoms. The molecule has 0 bridgehead atoms. The van der Waals surface area contributed by atoms with E-state index in [1.54, 1.807) is 7.05 Å². The van der Waals surface area contributed by atoms with Crippen LogP contribution in [0.25, 0.3) is 0 Å². The smallest absolute Gasteiger partial charge is 0.229 e. The van der Waals surface area contributed by atoms with Crippen LogP contribution < -0.4 is 10.6 Å². The third kappa shape index (κ3) is 6.14. The Bertz CT molecular complexity index is 623. The van der Waals surface area contributed by atoms with Gasteiger partial charge in [0.05, 0.1) is 6.04 Å². The average Bonchev–Trinajstić information content (AvgIpc) is 2.56. The Morgan fingerprint density at radius 2 is 1.92 bits per heavy atom. The van der Waals surface area contributed by atoms with E-state index < -0.39 is 0 Å². The van der Waals surface area contributed by atoms with Gasteiger partial charge in [-0.05, 0) is 25.0 Å². The highest BCUT2D eigenvalue weighted by Gasteiger charge is 2.25. The Balaban J connectivity index is 0.00000312. The van der Waals surface area contributed by atoms with Crippen LogP contribution in [-0.2, 0) is 9.59 Å². The second-order valence-electron chi connectivity index (χ2n) is 5.68. The number of nitrogens with zero attached hydrogens (tertiary/aromatic N) is 2. The van der Waals surface area contributed by atoms with Gasteiger partial charge in [0.2, 0.25) is 11.8 Å². The Labute approximate surface area is 170 Å². The maximum absolute atomic E-state index is 11.8. The molecule has 1 fully saturated rings. The fourth-order valence-electron chi connectivity index (χ4n) is 2.64. The molecule has 1 saturated heterocycles. The number of imide groups is 1. The number of hydrogen-bond donors (Lipinski definition) is 2. The summed E-state index contributed by atoms with van der Waals surface area (Å²) in [5.41, 5.74) is 0.975. The van der Waals surface area contributed by atoms with Gasteiger partial charge in [0.1, 0.15) is 0 Å². The number of likely N-dealkylation sites (tertiary alicyclic amines) is 1. The van der Waals surface area contributed by atoms with Crippen molar-refractivity contribution in [3.8, 4) is 0 Å². The molecule has 0 saturated carbocycles. The predicted octanol–water partition coefficient (Wildman–Crippen LogP) is 2.72. The van der Waals surface area contributed by atoms with Crippen LogP contribution in [0.5, 0.6) is 0 Å². The van der Waals surface area contributed by atoms with E-state index in [4.69, 9.17) is 11.6 Å². The van der Waals surface area contributed by atoms with Crippen LogP contribution in [-0.4, -0.2) is 42.8 Å². The standard InChI is InChI=1S/C17H23ClN4O2.HI/c1-12(13-6-3-4-7-14(13)18)21-17(19-2)20-10-11-22-15(23)8-5-9-16(22)24;/h3-4,6-7,12H,5,8-11H2,1-2H3,(H2,19,20,21);1H. The molecule has 25 heavy (non-hydrogen) atoms. The van der Waals surface area contributed by atoms with Gasteiger partial charge in [-0.25, -0.2) is 0 Å². The van der Waals surface area contributed by atoms with E-state index in [0.717, 1.165) is 5.56 Å². The summed E-state index contributed by atoms with van der Waals surface area (Å²) < 4.78 is 0. The van der Waals surface area contributed by atoms with Crippen LogP contribution >= 0.6 is 35.6 Å². The zero-order valence-corrected chi connectivity index (χ0v) is 17.5. The average molecular weight is 479 g/mol. The third-order valence-corrected chi connectivity index (χ3v) is 4.30. The van der Waals surface area contributed by atoms with Gasteiger partial charge < -0.3 is 10.6 Å². The molecule has 2 N–H and O–H groups in total. The molecule has 0 aliphatic carbocycles. The van der Waals surface area contributed by atoms with Crippen molar-refractivity contribution in [2.75, 3.05) is 20.1 Å². The Kier molecular flexibility index (Phi) is 9.20. The number of guanidine groups is 1. The number of halogens is 2. The van der Waals surface area contributed by atoms with Crippen LogP contribution in [0.15, 0.2) is 29.3 Å². The number of amides is 2. The van der Waals surface area contributed by atoms with Crippen LogP contribution in [0, 0.1) is 0 Å². The lowest BCUT2D eigenvalue weighted by molar-refractivity contribution is -0.147. The van der Waals surface area contributed by atoms with Crippen molar-refractivity contribution in [2.24, 2.45) is 4.99 Å². The Morgan fingerprint density at radius 3 is 2.52 bits per heavy atom. The van der Waals surface area contributed by atoms with Crippen LogP contribution in [0.4, 0.5) is 0 Å². The highest BCUT2D eigenvalue weighted by atomic mass is 127. The van der Waals surface area contributed by atoms with Crippen LogP contribution in [0.2, 0.25) is 5.02 Å². The summed E-state index contributed by atoms with van der Waals surface area (Å²) in [6.07, 6.45) is 1.55. The van der Waals surface area contributed by atoms with Gasteiger partial charge in [-0.3, -0.25) is 19.5 Å². The number of benzene rings is 1. The molecular formula is C17H24ClIN4O2. The molecule has 1 aromatic rings. The minimum absolute atomic E-state index is 0. The van der Waals surface area contributed by atoms with E-state index in [1.807, 2.05) is 31.2 Å². The molecule has 1 aliphatic heterocycles. The summed E-state index contributed by atoms with van der Waals surface area (Å²) in [5.74, 6) is 0.403. The summed E-state index contributed by atoms with van der Waals surface area (Å²) in [6, 6.07) is 7.60. The van der Waals surface area contributed by atoms with E-state index in [-0.39, 0.29) is 41.8 Å². The first kappa shape index (κ1) is 21.7. The number of carbonyl (C=O) groups excluding carboxylic acids is 2. The van der Waals surface area contributed by atoms with Crippen LogP contribution in [0.1, 0.15) is 37.8 Å². The van der Waals surface area contributed by atoms with E-state index in [0.29, 0.717) is 43.3 Å². The summed E-state index contributed by atoms with van der Waals surface area (Å²) in [7, 11) is 1.67. The minimum Gasteiger partial charge on any atom is -0.355 e. The second kappa shape index (κ2) is 10.6. The van der Waals surface area contributed by atoms with Gasteiger partial charge in [-0.15, -0.1) is 24.0 Å². The Hall–Kier alpha value is -1.35. The number of aliphatic imine (C=N–C) groups is 1. The molecule has 1 heterocycles. The van der Waals surface area contributed by atoms with Gasteiger partial charge in [-0.1, -0.05) is 29.8 Å². The largest absolute Gasteiger partial charge is 0.355 e.